The van der Waals surface area contributed by atoms with Gasteiger partial charge in [-0.3, -0.25) is 0 Å². The summed E-state index contributed by atoms with van der Waals surface area (Å²) in [7, 11) is 0. The maximum absolute atomic E-state index is 13.5. The van der Waals surface area contributed by atoms with E-state index in [-0.39, 0.29) is 0 Å². The highest BCUT2D eigenvalue weighted by Crippen LogP contribution is 2.28. The average molecular weight is 243 g/mol. The molecule has 2 rings (SSSR count). The third-order valence-corrected chi connectivity index (χ3v) is 3.30. The molecule has 0 aliphatic carbocycles. The number of halogens is 3. The molecule has 1 unspecified atom stereocenters. The summed E-state index contributed by atoms with van der Waals surface area (Å²) in [5, 5.41) is 3.24. The van der Waals surface area contributed by atoms with Crippen LogP contribution in [-0.2, 0) is 6.42 Å². The molecular weight excluding hydrogens is 227 g/mol. The molecule has 1 aromatic rings. The van der Waals surface area contributed by atoms with Crippen LogP contribution in [0.1, 0.15) is 29.5 Å². The van der Waals surface area contributed by atoms with Crippen LogP contribution in [0.2, 0.25) is 0 Å². The Balaban J connectivity index is 2.19. The number of benzene rings is 1. The molecule has 1 aliphatic rings. The summed E-state index contributed by atoms with van der Waals surface area (Å²) in [5.74, 6) is -0.285. The van der Waals surface area contributed by atoms with Crippen LogP contribution in [0, 0.1) is 18.7 Å². The minimum atomic E-state index is -2.74. The first-order valence-electron chi connectivity index (χ1n) is 5.85. The second-order valence-corrected chi connectivity index (χ2v) is 4.67. The molecule has 1 heterocycles. The monoisotopic (exact) mass is 243 g/mol. The number of alkyl halides is 2. The second-order valence-electron chi connectivity index (χ2n) is 4.67. The molecule has 1 N–H and O–H groups in total. The summed E-state index contributed by atoms with van der Waals surface area (Å²) in [6.07, 6.45) is -0.914. The summed E-state index contributed by atoms with van der Waals surface area (Å²) >= 11 is 0. The highest BCUT2D eigenvalue weighted by atomic mass is 19.3. The Morgan fingerprint density at radius 2 is 2.18 bits per heavy atom. The van der Waals surface area contributed by atoms with Crippen molar-refractivity contribution < 1.29 is 13.2 Å². The van der Waals surface area contributed by atoms with Crippen molar-refractivity contribution in [2.24, 2.45) is 5.92 Å². The van der Waals surface area contributed by atoms with Gasteiger partial charge in [0.15, 0.2) is 0 Å². The van der Waals surface area contributed by atoms with Gasteiger partial charge in [-0.25, -0.2) is 13.2 Å². The fourth-order valence-electron chi connectivity index (χ4n) is 2.44. The minimum Gasteiger partial charge on any atom is -0.316 e. The molecule has 0 amide bonds. The van der Waals surface area contributed by atoms with Crippen molar-refractivity contribution in [3.05, 3.63) is 34.6 Å². The van der Waals surface area contributed by atoms with Gasteiger partial charge in [0.25, 0.3) is 6.43 Å². The lowest BCUT2D eigenvalue weighted by Gasteiger charge is -2.12. The molecule has 0 radical (unpaired) electrons. The second kappa shape index (κ2) is 5.08. The lowest BCUT2D eigenvalue weighted by Crippen LogP contribution is -2.11. The third-order valence-electron chi connectivity index (χ3n) is 3.30. The number of aryl methyl sites for hydroxylation is 1. The number of nitrogens with one attached hydrogen (secondary N) is 1. The van der Waals surface area contributed by atoms with Crippen LogP contribution in [0.15, 0.2) is 12.1 Å². The van der Waals surface area contributed by atoms with E-state index >= 15 is 0 Å². The molecule has 1 atom stereocenters. The van der Waals surface area contributed by atoms with E-state index in [9.17, 15) is 13.2 Å². The smallest absolute Gasteiger partial charge is 0.266 e. The lowest BCUT2D eigenvalue weighted by atomic mass is 9.95. The Bertz CT molecular complexity index is 375. The van der Waals surface area contributed by atoms with Gasteiger partial charge in [-0.1, -0.05) is 6.07 Å². The Hall–Kier alpha value is -1.03. The molecular formula is C13H16F3N. The standard InChI is InChI=1S/C13H16F3N/c1-8-4-10(5-9-2-3-17-7-9)6-11(14)12(8)13(15)16/h4,6,9,13,17H,2-3,5,7H2,1H3. The van der Waals surface area contributed by atoms with Crippen molar-refractivity contribution in [1.82, 2.24) is 5.32 Å². The van der Waals surface area contributed by atoms with Crippen LogP contribution in [0.25, 0.3) is 0 Å². The first-order valence-corrected chi connectivity index (χ1v) is 5.85. The van der Waals surface area contributed by atoms with Crippen LogP contribution in [0.3, 0.4) is 0 Å². The third kappa shape index (κ3) is 2.80. The van der Waals surface area contributed by atoms with Gasteiger partial charge in [-0.2, -0.15) is 0 Å². The minimum absolute atomic E-state index is 0.348. The zero-order chi connectivity index (χ0) is 12.4. The molecule has 0 saturated carbocycles. The quantitative estimate of drug-likeness (QED) is 0.859. The van der Waals surface area contributed by atoms with Crippen LogP contribution in [0.4, 0.5) is 13.2 Å². The van der Waals surface area contributed by atoms with Crippen LogP contribution in [-0.4, -0.2) is 13.1 Å². The van der Waals surface area contributed by atoms with E-state index in [1.54, 1.807) is 13.0 Å². The van der Waals surface area contributed by atoms with Gasteiger partial charge >= 0.3 is 0 Å². The predicted molar refractivity (Wildman–Crippen MR) is 60.8 cm³/mol. The first-order chi connectivity index (χ1) is 8.08. The maximum Gasteiger partial charge on any atom is 0.266 e. The molecule has 1 fully saturated rings. The predicted octanol–water partition coefficient (Wildman–Crippen LogP) is 3.22. The largest absolute Gasteiger partial charge is 0.316 e. The number of rotatable bonds is 3. The summed E-state index contributed by atoms with van der Waals surface area (Å²) in [6, 6.07) is 2.94. The van der Waals surface area contributed by atoms with Gasteiger partial charge < -0.3 is 5.32 Å². The van der Waals surface area contributed by atoms with E-state index in [2.05, 4.69) is 5.32 Å². The SMILES string of the molecule is Cc1cc(CC2CCNC2)cc(F)c1C(F)F. The van der Waals surface area contributed by atoms with Crippen LogP contribution in [0.5, 0.6) is 0 Å². The zero-order valence-corrected chi connectivity index (χ0v) is 9.77. The van der Waals surface area contributed by atoms with E-state index in [0.717, 1.165) is 31.5 Å². The van der Waals surface area contributed by atoms with Crippen molar-refractivity contribution in [2.45, 2.75) is 26.2 Å². The zero-order valence-electron chi connectivity index (χ0n) is 9.77. The normalized spacial score (nSPS) is 20.2. The number of hydrogen-bond acceptors (Lipinski definition) is 1. The van der Waals surface area contributed by atoms with Crippen molar-refractivity contribution in [3.63, 3.8) is 0 Å². The highest BCUT2D eigenvalue weighted by Gasteiger charge is 2.19. The molecule has 17 heavy (non-hydrogen) atoms. The molecule has 1 aromatic carbocycles. The van der Waals surface area contributed by atoms with Gasteiger partial charge in [0.2, 0.25) is 0 Å². The highest BCUT2D eigenvalue weighted by molar-refractivity contribution is 5.33. The molecule has 1 nitrogen and oxygen atoms in total. The topological polar surface area (TPSA) is 12.0 Å². The fourth-order valence-corrected chi connectivity index (χ4v) is 2.44. The van der Waals surface area contributed by atoms with E-state index in [0.29, 0.717) is 11.5 Å². The lowest BCUT2D eigenvalue weighted by molar-refractivity contribution is 0.145. The number of hydrogen-bond donors (Lipinski definition) is 1. The van der Waals surface area contributed by atoms with Crippen LogP contribution >= 0.6 is 0 Å². The Labute approximate surface area is 99.0 Å². The van der Waals surface area contributed by atoms with Crippen molar-refractivity contribution >= 4 is 0 Å². The molecule has 1 aliphatic heterocycles. The van der Waals surface area contributed by atoms with Gasteiger partial charge in [-0.05, 0) is 56.0 Å². The molecule has 0 bridgehead atoms. The summed E-state index contributed by atoms with van der Waals surface area (Å²) in [4.78, 5) is 0. The van der Waals surface area contributed by atoms with Crippen LogP contribution < -0.4 is 5.32 Å². The van der Waals surface area contributed by atoms with Crippen molar-refractivity contribution in [2.75, 3.05) is 13.1 Å². The Morgan fingerprint density at radius 3 is 2.71 bits per heavy atom. The molecule has 94 valence electrons. The van der Waals surface area contributed by atoms with Gasteiger partial charge in [0, 0.05) is 0 Å². The molecule has 1 saturated heterocycles. The Kier molecular flexibility index (Phi) is 3.72. The maximum atomic E-state index is 13.5. The van der Waals surface area contributed by atoms with Gasteiger partial charge in [0.05, 0.1) is 5.56 Å². The average Bonchev–Trinajstić information content (AvgIpc) is 2.68. The van der Waals surface area contributed by atoms with E-state index < -0.39 is 17.8 Å². The summed E-state index contributed by atoms with van der Waals surface area (Å²) in [5.41, 5.74) is 0.706. The van der Waals surface area contributed by atoms with E-state index in [1.165, 1.54) is 6.07 Å². The molecule has 0 spiro atoms. The van der Waals surface area contributed by atoms with E-state index in [4.69, 9.17) is 0 Å². The van der Waals surface area contributed by atoms with Gasteiger partial charge in [-0.15, -0.1) is 0 Å². The Morgan fingerprint density at radius 1 is 1.41 bits per heavy atom. The molecule has 0 aromatic heterocycles. The van der Waals surface area contributed by atoms with Crippen molar-refractivity contribution in [3.8, 4) is 0 Å². The fraction of sp³-hybridized carbons (Fsp3) is 0.538. The summed E-state index contributed by atoms with van der Waals surface area (Å²) < 4.78 is 38.7. The summed E-state index contributed by atoms with van der Waals surface area (Å²) in [6.45, 7) is 3.46. The van der Waals surface area contributed by atoms with E-state index in [1.807, 2.05) is 0 Å². The molecule has 4 heteroatoms. The first kappa shape index (κ1) is 12.4. The van der Waals surface area contributed by atoms with Gasteiger partial charge in [0.1, 0.15) is 5.82 Å². The van der Waals surface area contributed by atoms with Crippen molar-refractivity contribution in [1.29, 1.82) is 0 Å².